The van der Waals surface area contributed by atoms with E-state index in [9.17, 15) is 4.79 Å². The molecule has 1 aromatic heterocycles. The molecule has 2 heterocycles. The van der Waals surface area contributed by atoms with Crippen molar-refractivity contribution in [3.05, 3.63) is 47.8 Å². The van der Waals surface area contributed by atoms with Crippen LogP contribution in [0.1, 0.15) is 35.8 Å². The van der Waals surface area contributed by atoms with Gasteiger partial charge in [-0.1, -0.05) is 31.5 Å². The average molecular weight is 310 g/mol. The van der Waals surface area contributed by atoms with Crippen molar-refractivity contribution < 1.29 is 4.79 Å². The number of para-hydroxylation sites is 1. The Hall–Kier alpha value is -2.43. The summed E-state index contributed by atoms with van der Waals surface area (Å²) in [6, 6.07) is 9.75. The number of carbonyl (C=O) groups excluding carboxylic acids is 1. The Balaban J connectivity index is 1.81. The number of unbranched alkanes of at least 4 members (excludes halogenated alkanes) is 1. The van der Waals surface area contributed by atoms with Crippen LogP contribution in [0.2, 0.25) is 0 Å². The van der Waals surface area contributed by atoms with E-state index in [1.807, 2.05) is 35.0 Å². The molecule has 0 fully saturated rings. The third kappa shape index (κ3) is 3.18. The molecule has 0 saturated carbocycles. The van der Waals surface area contributed by atoms with Gasteiger partial charge in [-0.15, -0.1) is 0 Å². The van der Waals surface area contributed by atoms with Crippen LogP contribution in [0.4, 0.5) is 11.6 Å². The molecular formula is C18H22N4O. The standard InChI is InChI=1S/C18H22N4O/c1-3-4-12-21(2)18-19-11-9-15(20-18)17(23)22-13-10-14-7-5-6-8-16(14)22/h5-9,11H,3-4,10,12-13H2,1-2H3. The van der Waals surface area contributed by atoms with Gasteiger partial charge in [0.05, 0.1) is 0 Å². The van der Waals surface area contributed by atoms with Gasteiger partial charge in [-0.2, -0.15) is 0 Å². The maximum absolute atomic E-state index is 12.8. The first-order chi connectivity index (χ1) is 11.2. The van der Waals surface area contributed by atoms with Crippen LogP contribution in [0, 0.1) is 0 Å². The number of rotatable bonds is 5. The zero-order chi connectivity index (χ0) is 16.2. The molecule has 0 radical (unpaired) electrons. The maximum atomic E-state index is 12.8. The number of nitrogens with zero attached hydrogens (tertiary/aromatic N) is 4. The molecule has 0 atom stereocenters. The van der Waals surface area contributed by atoms with Gasteiger partial charge >= 0.3 is 0 Å². The highest BCUT2D eigenvalue weighted by atomic mass is 16.2. The fourth-order valence-corrected chi connectivity index (χ4v) is 2.83. The summed E-state index contributed by atoms with van der Waals surface area (Å²) in [4.78, 5) is 25.4. The minimum Gasteiger partial charge on any atom is -0.344 e. The largest absolute Gasteiger partial charge is 0.344 e. The van der Waals surface area contributed by atoms with E-state index in [1.54, 1.807) is 12.3 Å². The summed E-state index contributed by atoms with van der Waals surface area (Å²) in [5, 5.41) is 0. The summed E-state index contributed by atoms with van der Waals surface area (Å²) in [6.07, 6.45) is 4.77. The van der Waals surface area contributed by atoms with Crippen LogP contribution in [0.25, 0.3) is 0 Å². The molecule has 0 unspecified atom stereocenters. The molecule has 3 rings (SSSR count). The van der Waals surface area contributed by atoms with Gasteiger partial charge in [-0.25, -0.2) is 9.97 Å². The number of amides is 1. The number of hydrogen-bond donors (Lipinski definition) is 0. The Labute approximate surface area is 137 Å². The highest BCUT2D eigenvalue weighted by Gasteiger charge is 2.26. The second kappa shape index (κ2) is 6.77. The van der Waals surface area contributed by atoms with Gasteiger partial charge in [0.15, 0.2) is 0 Å². The first kappa shape index (κ1) is 15.5. The second-order valence-electron chi connectivity index (χ2n) is 5.85. The van der Waals surface area contributed by atoms with Gasteiger partial charge < -0.3 is 9.80 Å². The molecule has 0 spiro atoms. The number of anilines is 2. The van der Waals surface area contributed by atoms with Crippen molar-refractivity contribution in [1.82, 2.24) is 9.97 Å². The first-order valence-corrected chi connectivity index (χ1v) is 8.14. The van der Waals surface area contributed by atoms with Crippen molar-refractivity contribution in [3.8, 4) is 0 Å². The lowest BCUT2D eigenvalue weighted by molar-refractivity contribution is 0.0984. The monoisotopic (exact) mass is 310 g/mol. The van der Waals surface area contributed by atoms with Gasteiger partial charge in [0.2, 0.25) is 5.95 Å². The van der Waals surface area contributed by atoms with Gasteiger partial charge in [0.25, 0.3) is 5.91 Å². The zero-order valence-corrected chi connectivity index (χ0v) is 13.7. The molecule has 2 aromatic rings. The van der Waals surface area contributed by atoms with Gasteiger partial charge in [-0.3, -0.25) is 4.79 Å². The van der Waals surface area contributed by atoms with Crippen LogP contribution in [-0.4, -0.2) is 36.0 Å². The number of aromatic nitrogens is 2. The van der Waals surface area contributed by atoms with Crippen LogP contribution >= 0.6 is 0 Å². The quantitative estimate of drug-likeness (QED) is 0.852. The van der Waals surface area contributed by atoms with Crippen LogP contribution in [0.3, 0.4) is 0 Å². The molecular weight excluding hydrogens is 288 g/mol. The molecule has 1 aliphatic heterocycles. The molecule has 0 N–H and O–H groups in total. The Morgan fingerprint density at radius 2 is 2.13 bits per heavy atom. The molecule has 120 valence electrons. The molecule has 1 aromatic carbocycles. The molecule has 23 heavy (non-hydrogen) atoms. The summed E-state index contributed by atoms with van der Waals surface area (Å²) in [5.74, 6) is 0.555. The molecule has 1 amide bonds. The lowest BCUT2D eigenvalue weighted by Gasteiger charge is -2.19. The van der Waals surface area contributed by atoms with E-state index in [1.165, 1.54) is 5.56 Å². The molecule has 1 aliphatic rings. The highest BCUT2D eigenvalue weighted by molar-refractivity contribution is 6.06. The van der Waals surface area contributed by atoms with E-state index in [4.69, 9.17) is 0 Å². The van der Waals surface area contributed by atoms with Gasteiger partial charge in [0.1, 0.15) is 5.69 Å². The summed E-state index contributed by atoms with van der Waals surface area (Å²) in [6.45, 7) is 3.75. The number of hydrogen-bond acceptors (Lipinski definition) is 4. The van der Waals surface area contributed by atoms with Crippen molar-refractivity contribution in [2.45, 2.75) is 26.2 Å². The van der Waals surface area contributed by atoms with E-state index in [2.05, 4.69) is 23.0 Å². The van der Waals surface area contributed by atoms with Crippen molar-refractivity contribution in [2.24, 2.45) is 0 Å². The molecule has 0 saturated heterocycles. The number of fused-ring (bicyclic) bond motifs is 1. The molecule has 5 heteroatoms. The predicted octanol–water partition coefficient (Wildman–Crippen LogP) is 2.92. The van der Waals surface area contributed by atoms with Crippen molar-refractivity contribution in [2.75, 3.05) is 29.9 Å². The van der Waals surface area contributed by atoms with Crippen molar-refractivity contribution >= 4 is 17.5 Å². The van der Waals surface area contributed by atoms with Gasteiger partial charge in [0, 0.05) is 32.0 Å². The summed E-state index contributed by atoms with van der Waals surface area (Å²) >= 11 is 0. The fourth-order valence-electron chi connectivity index (χ4n) is 2.83. The van der Waals surface area contributed by atoms with Crippen LogP contribution < -0.4 is 9.80 Å². The van der Waals surface area contributed by atoms with Crippen LogP contribution in [-0.2, 0) is 6.42 Å². The summed E-state index contributed by atoms with van der Waals surface area (Å²) < 4.78 is 0. The lowest BCUT2D eigenvalue weighted by Crippen LogP contribution is -2.30. The smallest absolute Gasteiger partial charge is 0.277 e. The third-order valence-corrected chi connectivity index (χ3v) is 4.18. The zero-order valence-electron chi connectivity index (χ0n) is 13.7. The summed E-state index contributed by atoms with van der Waals surface area (Å²) in [7, 11) is 1.96. The van der Waals surface area contributed by atoms with E-state index in [0.717, 1.165) is 31.5 Å². The molecule has 0 aliphatic carbocycles. The Kier molecular flexibility index (Phi) is 4.55. The van der Waals surface area contributed by atoms with E-state index in [0.29, 0.717) is 18.2 Å². The first-order valence-electron chi connectivity index (χ1n) is 8.14. The minimum atomic E-state index is -0.0532. The van der Waals surface area contributed by atoms with Crippen LogP contribution in [0.15, 0.2) is 36.5 Å². The minimum absolute atomic E-state index is 0.0532. The number of benzene rings is 1. The van der Waals surface area contributed by atoms with Gasteiger partial charge in [-0.05, 0) is 30.5 Å². The lowest BCUT2D eigenvalue weighted by atomic mass is 10.2. The van der Waals surface area contributed by atoms with Crippen molar-refractivity contribution in [1.29, 1.82) is 0 Å². The van der Waals surface area contributed by atoms with Crippen molar-refractivity contribution in [3.63, 3.8) is 0 Å². The predicted molar refractivity (Wildman–Crippen MR) is 92.0 cm³/mol. The normalized spacial score (nSPS) is 13.0. The van der Waals surface area contributed by atoms with E-state index >= 15 is 0 Å². The molecule has 0 bridgehead atoms. The maximum Gasteiger partial charge on any atom is 0.277 e. The third-order valence-electron chi connectivity index (χ3n) is 4.18. The summed E-state index contributed by atoms with van der Waals surface area (Å²) in [5.41, 5.74) is 2.67. The van der Waals surface area contributed by atoms with E-state index < -0.39 is 0 Å². The van der Waals surface area contributed by atoms with Crippen LogP contribution in [0.5, 0.6) is 0 Å². The topological polar surface area (TPSA) is 49.3 Å². The average Bonchev–Trinajstić information content (AvgIpc) is 3.03. The van der Waals surface area contributed by atoms with E-state index in [-0.39, 0.29) is 5.91 Å². The Bertz CT molecular complexity index is 701. The SMILES string of the molecule is CCCCN(C)c1nccc(C(=O)N2CCc3ccccc32)n1. The fraction of sp³-hybridized carbons (Fsp3) is 0.389. The molecule has 5 nitrogen and oxygen atoms in total. The second-order valence-corrected chi connectivity index (χ2v) is 5.85. The number of carbonyl (C=O) groups is 1. The highest BCUT2D eigenvalue weighted by Crippen LogP contribution is 2.28. The Morgan fingerprint density at radius 3 is 2.96 bits per heavy atom. The Morgan fingerprint density at radius 1 is 1.30 bits per heavy atom.